The molecule has 33 heavy (non-hydrogen) atoms. The Morgan fingerprint density at radius 3 is 2.30 bits per heavy atom. The lowest BCUT2D eigenvalue weighted by Gasteiger charge is -2.30. The molecule has 166 valence electrons. The van der Waals surface area contributed by atoms with Crippen molar-refractivity contribution in [2.45, 2.75) is 6.92 Å². The average molecular weight is 474 g/mol. The van der Waals surface area contributed by atoms with Crippen molar-refractivity contribution in [3.05, 3.63) is 95.0 Å². The SMILES string of the molecule is Cc1ccc(/C(=N/c2sc(-c3ccc(Cl)cc3)nc2-c2ccccc2)N2CCOCC2)cc1. The van der Waals surface area contributed by atoms with Crippen LogP contribution in [0.2, 0.25) is 5.02 Å². The van der Waals surface area contributed by atoms with E-state index in [9.17, 15) is 0 Å². The normalized spacial score (nSPS) is 14.5. The standard InChI is InChI=1S/C27H24ClN3OS/c1-19-7-9-21(10-8-19)25(31-15-17-32-18-16-31)30-27-24(20-5-3-2-4-6-20)29-26(33-27)22-11-13-23(28)14-12-22/h2-14H,15-18H2,1H3/b30-25-. The van der Waals surface area contributed by atoms with Crippen molar-refractivity contribution in [1.29, 1.82) is 0 Å². The van der Waals surface area contributed by atoms with Gasteiger partial charge in [0.2, 0.25) is 0 Å². The average Bonchev–Trinajstić information content (AvgIpc) is 3.29. The highest BCUT2D eigenvalue weighted by Crippen LogP contribution is 2.40. The largest absolute Gasteiger partial charge is 0.378 e. The van der Waals surface area contributed by atoms with Crippen molar-refractivity contribution in [2.24, 2.45) is 4.99 Å². The first-order valence-electron chi connectivity index (χ1n) is 11.0. The molecular formula is C27H24ClN3OS. The Morgan fingerprint density at radius 1 is 0.909 bits per heavy atom. The summed E-state index contributed by atoms with van der Waals surface area (Å²) in [5.41, 5.74) is 5.31. The molecule has 1 saturated heterocycles. The van der Waals surface area contributed by atoms with Crippen LogP contribution in [0.3, 0.4) is 0 Å². The predicted octanol–water partition coefficient (Wildman–Crippen LogP) is 6.85. The molecule has 1 aliphatic heterocycles. The number of rotatable bonds is 4. The lowest BCUT2D eigenvalue weighted by Crippen LogP contribution is -2.41. The predicted molar refractivity (Wildman–Crippen MR) is 138 cm³/mol. The molecule has 0 unspecified atom stereocenters. The molecule has 1 aromatic heterocycles. The summed E-state index contributed by atoms with van der Waals surface area (Å²) >= 11 is 7.71. The number of aliphatic imine (C=N–C) groups is 1. The van der Waals surface area contributed by atoms with Crippen LogP contribution in [0, 0.1) is 6.92 Å². The van der Waals surface area contributed by atoms with Crippen molar-refractivity contribution in [1.82, 2.24) is 9.88 Å². The van der Waals surface area contributed by atoms with Crippen LogP contribution in [-0.2, 0) is 4.74 Å². The summed E-state index contributed by atoms with van der Waals surface area (Å²) in [6.45, 7) is 5.14. The maximum Gasteiger partial charge on any atom is 0.146 e. The number of hydrogen-bond donors (Lipinski definition) is 0. The number of benzene rings is 3. The second-order valence-electron chi connectivity index (χ2n) is 7.95. The molecular weight excluding hydrogens is 450 g/mol. The molecule has 0 radical (unpaired) electrons. The molecule has 1 fully saturated rings. The van der Waals surface area contributed by atoms with E-state index in [0.717, 1.165) is 51.3 Å². The van der Waals surface area contributed by atoms with Gasteiger partial charge in [-0.05, 0) is 19.1 Å². The number of aryl methyl sites for hydroxylation is 1. The third kappa shape index (κ3) is 5.01. The van der Waals surface area contributed by atoms with E-state index in [-0.39, 0.29) is 0 Å². The van der Waals surface area contributed by atoms with Crippen LogP contribution >= 0.6 is 22.9 Å². The van der Waals surface area contributed by atoms with Gasteiger partial charge in [0.15, 0.2) is 0 Å². The van der Waals surface area contributed by atoms with E-state index in [2.05, 4.69) is 48.2 Å². The highest BCUT2D eigenvalue weighted by molar-refractivity contribution is 7.19. The first-order chi connectivity index (χ1) is 16.2. The molecule has 0 aliphatic carbocycles. The van der Waals surface area contributed by atoms with Crippen LogP contribution in [0.15, 0.2) is 83.9 Å². The minimum Gasteiger partial charge on any atom is -0.378 e. The third-order valence-corrected chi connectivity index (χ3v) is 6.83. The summed E-state index contributed by atoms with van der Waals surface area (Å²) in [5.74, 6) is 0.960. The summed E-state index contributed by atoms with van der Waals surface area (Å²) in [4.78, 5) is 12.6. The fourth-order valence-electron chi connectivity index (χ4n) is 3.78. The second-order valence-corrected chi connectivity index (χ2v) is 9.36. The fourth-order valence-corrected chi connectivity index (χ4v) is 4.87. The molecule has 4 aromatic rings. The zero-order chi connectivity index (χ0) is 22.6. The summed E-state index contributed by atoms with van der Waals surface area (Å²) in [5, 5.41) is 2.54. The number of thiazole rings is 1. The highest BCUT2D eigenvalue weighted by atomic mass is 35.5. The van der Waals surface area contributed by atoms with Gasteiger partial charge < -0.3 is 9.64 Å². The van der Waals surface area contributed by atoms with Gasteiger partial charge in [-0.2, -0.15) is 0 Å². The monoisotopic (exact) mass is 473 g/mol. The molecule has 2 heterocycles. The highest BCUT2D eigenvalue weighted by Gasteiger charge is 2.20. The number of aromatic nitrogens is 1. The minimum absolute atomic E-state index is 0.704. The van der Waals surface area contributed by atoms with E-state index in [0.29, 0.717) is 18.2 Å². The molecule has 0 bridgehead atoms. The number of nitrogens with zero attached hydrogens (tertiary/aromatic N) is 3. The van der Waals surface area contributed by atoms with Gasteiger partial charge >= 0.3 is 0 Å². The van der Waals surface area contributed by atoms with Crippen molar-refractivity contribution < 1.29 is 4.74 Å². The van der Waals surface area contributed by atoms with E-state index < -0.39 is 0 Å². The maximum absolute atomic E-state index is 6.11. The van der Waals surface area contributed by atoms with Crippen LogP contribution in [0.25, 0.3) is 21.8 Å². The molecule has 5 rings (SSSR count). The molecule has 3 aromatic carbocycles. The molecule has 4 nitrogen and oxygen atoms in total. The molecule has 1 aliphatic rings. The van der Waals surface area contributed by atoms with Gasteiger partial charge in [0.1, 0.15) is 21.5 Å². The first kappa shape index (κ1) is 21.8. The smallest absolute Gasteiger partial charge is 0.146 e. The third-order valence-electron chi connectivity index (χ3n) is 5.58. The Kier molecular flexibility index (Phi) is 6.53. The number of hydrogen-bond acceptors (Lipinski definition) is 4. The Morgan fingerprint density at radius 2 is 1.61 bits per heavy atom. The summed E-state index contributed by atoms with van der Waals surface area (Å²) in [6.07, 6.45) is 0. The van der Waals surface area contributed by atoms with Crippen molar-refractivity contribution in [3.63, 3.8) is 0 Å². The van der Waals surface area contributed by atoms with E-state index in [1.807, 2.05) is 42.5 Å². The zero-order valence-corrected chi connectivity index (χ0v) is 19.9. The molecule has 6 heteroatoms. The number of morpholine rings is 1. The van der Waals surface area contributed by atoms with Gasteiger partial charge in [-0.1, -0.05) is 95.2 Å². The Hall–Kier alpha value is -2.99. The van der Waals surface area contributed by atoms with Crippen molar-refractivity contribution in [3.8, 4) is 21.8 Å². The lowest BCUT2D eigenvalue weighted by atomic mass is 10.1. The van der Waals surface area contributed by atoms with Crippen molar-refractivity contribution >= 4 is 33.8 Å². The van der Waals surface area contributed by atoms with E-state index >= 15 is 0 Å². The molecule has 0 N–H and O–H groups in total. The molecule has 0 atom stereocenters. The Labute approximate surface area is 203 Å². The summed E-state index contributed by atoms with van der Waals surface area (Å²) in [6, 6.07) is 26.6. The first-order valence-corrected chi connectivity index (χ1v) is 12.2. The molecule has 0 saturated carbocycles. The Bertz CT molecular complexity index is 1250. The quantitative estimate of drug-likeness (QED) is 0.240. The van der Waals surface area contributed by atoms with Gasteiger partial charge in [0, 0.05) is 34.8 Å². The van der Waals surface area contributed by atoms with Gasteiger partial charge in [0.25, 0.3) is 0 Å². The summed E-state index contributed by atoms with van der Waals surface area (Å²) < 4.78 is 5.60. The van der Waals surface area contributed by atoms with Gasteiger partial charge in [-0.3, -0.25) is 0 Å². The van der Waals surface area contributed by atoms with E-state index in [1.54, 1.807) is 11.3 Å². The number of amidine groups is 1. The van der Waals surface area contributed by atoms with Gasteiger partial charge in [-0.15, -0.1) is 0 Å². The fraction of sp³-hybridized carbons (Fsp3) is 0.185. The topological polar surface area (TPSA) is 37.7 Å². The number of halogens is 1. The lowest BCUT2D eigenvalue weighted by molar-refractivity contribution is 0.0683. The minimum atomic E-state index is 0.704. The van der Waals surface area contributed by atoms with Crippen LogP contribution in [0.1, 0.15) is 11.1 Å². The van der Waals surface area contributed by atoms with Gasteiger partial charge in [-0.25, -0.2) is 9.98 Å². The molecule has 0 amide bonds. The Balaban J connectivity index is 1.65. The maximum atomic E-state index is 6.11. The van der Waals surface area contributed by atoms with Crippen LogP contribution in [0.4, 0.5) is 5.00 Å². The second kappa shape index (κ2) is 9.87. The van der Waals surface area contributed by atoms with E-state index in [4.69, 9.17) is 26.3 Å². The zero-order valence-electron chi connectivity index (χ0n) is 18.4. The van der Waals surface area contributed by atoms with Crippen molar-refractivity contribution in [2.75, 3.05) is 26.3 Å². The molecule has 0 spiro atoms. The van der Waals surface area contributed by atoms with Gasteiger partial charge in [0.05, 0.1) is 13.2 Å². The van der Waals surface area contributed by atoms with Crippen LogP contribution in [0.5, 0.6) is 0 Å². The summed E-state index contributed by atoms with van der Waals surface area (Å²) in [7, 11) is 0. The van der Waals surface area contributed by atoms with E-state index in [1.165, 1.54) is 5.56 Å². The van der Waals surface area contributed by atoms with Crippen LogP contribution in [-0.4, -0.2) is 42.0 Å². The number of ether oxygens (including phenoxy) is 1. The van der Waals surface area contributed by atoms with Crippen LogP contribution < -0.4 is 0 Å².